The van der Waals surface area contributed by atoms with Gasteiger partial charge in [-0.25, -0.2) is 4.98 Å². The summed E-state index contributed by atoms with van der Waals surface area (Å²) in [4.78, 5) is 21.4. The van der Waals surface area contributed by atoms with Crippen LogP contribution in [-0.4, -0.2) is 47.1 Å². The molecule has 9 heteroatoms. The number of ether oxygens (including phenoxy) is 1. The Labute approximate surface area is 168 Å². The second-order valence-corrected chi connectivity index (χ2v) is 5.61. The number of guanidine groups is 1. The quantitative estimate of drug-likeness (QED) is 0.244. The van der Waals surface area contributed by atoms with Crippen molar-refractivity contribution in [3.8, 4) is 0 Å². The molecule has 8 nitrogen and oxygen atoms in total. The smallest absolute Gasteiger partial charge is 0.269 e. The Kier molecular flexibility index (Phi) is 7.27. The zero-order valence-electron chi connectivity index (χ0n) is 14.3. The molecule has 1 N–H and O–H groups in total. The van der Waals surface area contributed by atoms with Gasteiger partial charge in [0.1, 0.15) is 0 Å². The van der Waals surface area contributed by atoms with Gasteiger partial charge in [-0.3, -0.25) is 10.1 Å². The molecular weight excluding hydrogens is 449 g/mol. The molecule has 0 spiro atoms. The van der Waals surface area contributed by atoms with E-state index in [1.807, 2.05) is 19.1 Å². The Bertz CT molecular complexity index is 776. The maximum atomic E-state index is 10.8. The third-order valence-corrected chi connectivity index (χ3v) is 3.84. The highest BCUT2D eigenvalue weighted by atomic mass is 127. The number of halogens is 1. The fourth-order valence-electron chi connectivity index (χ4n) is 2.44. The summed E-state index contributed by atoms with van der Waals surface area (Å²) >= 11 is 0. The van der Waals surface area contributed by atoms with Crippen LogP contribution < -0.4 is 5.32 Å². The van der Waals surface area contributed by atoms with Gasteiger partial charge in [-0.1, -0.05) is 6.07 Å². The minimum absolute atomic E-state index is 0. The minimum atomic E-state index is -0.419. The second-order valence-electron chi connectivity index (χ2n) is 5.61. The van der Waals surface area contributed by atoms with E-state index < -0.39 is 4.92 Å². The molecule has 0 unspecified atom stereocenters. The molecule has 1 aromatic heterocycles. The number of pyridine rings is 1. The number of nitro groups is 1. The lowest BCUT2D eigenvalue weighted by molar-refractivity contribution is -0.384. The van der Waals surface area contributed by atoms with Crippen LogP contribution in [0.15, 0.2) is 47.6 Å². The SMILES string of the molecule is Cc1cccnc1N=C(Nc1ccc([N+](=O)[O-])cc1)N1CCOCC1.I. The predicted octanol–water partition coefficient (Wildman–Crippen LogP) is 3.35. The van der Waals surface area contributed by atoms with Gasteiger partial charge >= 0.3 is 0 Å². The van der Waals surface area contributed by atoms with Gasteiger partial charge in [0, 0.05) is 37.1 Å². The minimum Gasteiger partial charge on any atom is -0.378 e. The first-order valence-electron chi connectivity index (χ1n) is 7.98. The standard InChI is InChI=1S/C17H19N5O3.HI/c1-13-3-2-8-18-16(13)20-17(21-9-11-25-12-10-21)19-14-4-6-15(7-5-14)22(23)24;/h2-8H,9-12H2,1H3,(H,18,19,20);1H. The number of nitrogens with one attached hydrogen (secondary N) is 1. The highest BCUT2D eigenvalue weighted by Gasteiger charge is 2.17. The van der Waals surface area contributed by atoms with Crippen molar-refractivity contribution in [2.45, 2.75) is 6.92 Å². The maximum Gasteiger partial charge on any atom is 0.269 e. The van der Waals surface area contributed by atoms with Crippen molar-refractivity contribution in [3.05, 3.63) is 58.3 Å². The van der Waals surface area contributed by atoms with E-state index in [2.05, 4.69) is 20.2 Å². The topological polar surface area (TPSA) is 92.9 Å². The Morgan fingerprint density at radius 2 is 1.96 bits per heavy atom. The molecule has 2 aromatic rings. The zero-order valence-corrected chi connectivity index (χ0v) is 16.6. The number of aromatic nitrogens is 1. The van der Waals surface area contributed by atoms with Gasteiger partial charge in [0.25, 0.3) is 5.69 Å². The predicted molar refractivity (Wildman–Crippen MR) is 111 cm³/mol. The van der Waals surface area contributed by atoms with Crippen LogP contribution in [0.3, 0.4) is 0 Å². The van der Waals surface area contributed by atoms with Gasteiger partial charge in [0.15, 0.2) is 5.82 Å². The van der Waals surface area contributed by atoms with Crippen molar-refractivity contribution in [3.63, 3.8) is 0 Å². The van der Waals surface area contributed by atoms with Crippen LogP contribution in [0.2, 0.25) is 0 Å². The number of hydrogen-bond acceptors (Lipinski definition) is 5. The van der Waals surface area contributed by atoms with Crippen molar-refractivity contribution in [2.24, 2.45) is 4.99 Å². The average Bonchev–Trinajstić information content (AvgIpc) is 2.64. The Balaban J connectivity index is 0.00000243. The summed E-state index contributed by atoms with van der Waals surface area (Å²) in [5.74, 6) is 1.29. The lowest BCUT2D eigenvalue weighted by atomic mass is 10.3. The molecule has 1 aliphatic rings. The van der Waals surface area contributed by atoms with E-state index in [1.165, 1.54) is 12.1 Å². The zero-order chi connectivity index (χ0) is 17.6. The molecule has 0 amide bonds. The molecule has 0 aliphatic carbocycles. The number of benzene rings is 1. The molecular formula is C17H20IN5O3. The Morgan fingerprint density at radius 1 is 1.27 bits per heavy atom. The number of nitrogens with zero attached hydrogens (tertiary/aromatic N) is 4. The van der Waals surface area contributed by atoms with E-state index >= 15 is 0 Å². The van der Waals surface area contributed by atoms with Crippen LogP contribution >= 0.6 is 24.0 Å². The van der Waals surface area contributed by atoms with E-state index in [-0.39, 0.29) is 29.7 Å². The lowest BCUT2D eigenvalue weighted by Gasteiger charge is -2.30. The van der Waals surface area contributed by atoms with Crippen LogP contribution in [-0.2, 0) is 4.74 Å². The van der Waals surface area contributed by atoms with E-state index in [0.29, 0.717) is 38.1 Å². The van der Waals surface area contributed by atoms with Crippen molar-refractivity contribution < 1.29 is 9.66 Å². The summed E-state index contributed by atoms with van der Waals surface area (Å²) in [7, 11) is 0. The summed E-state index contributed by atoms with van der Waals surface area (Å²) < 4.78 is 5.40. The van der Waals surface area contributed by atoms with Crippen LogP contribution in [0.1, 0.15) is 5.56 Å². The van der Waals surface area contributed by atoms with Crippen LogP contribution in [0.5, 0.6) is 0 Å². The molecule has 1 saturated heterocycles. The average molecular weight is 469 g/mol. The number of rotatable bonds is 3. The summed E-state index contributed by atoms with van der Waals surface area (Å²) in [5.41, 5.74) is 1.75. The normalized spacial score (nSPS) is 14.5. The van der Waals surface area contributed by atoms with Crippen molar-refractivity contribution in [2.75, 3.05) is 31.6 Å². The van der Waals surface area contributed by atoms with Crippen molar-refractivity contribution in [1.29, 1.82) is 0 Å². The number of non-ortho nitro benzene ring substituents is 1. The molecule has 0 bridgehead atoms. The molecule has 0 saturated carbocycles. The Morgan fingerprint density at radius 3 is 2.58 bits per heavy atom. The number of morpholine rings is 1. The van der Waals surface area contributed by atoms with E-state index in [1.54, 1.807) is 18.3 Å². The molecule has 3 rings (SSSR count). The lowest BCUT2D eigenvalue weighted by Crippen LogP contribution is -2.44. The largest absolute Gasteiger partial charge is 0.378 e. The molecule has 0 radical (unpaired) electrons. The van der Waals surface area contributed by atoms with Crippen LogP contribution in [0.4, 0.5) is 17.2 Å². The molecule has 2 heterocycles. The van der Waals surface area contributed by atoms with Crippen LogP contribution in [0, 0.1) is 17.0 Å². The fraction of sp³-hybridized carbons (Fsp3) is 0.294. The third kappa shape index (κ3) is 5.11. The summed E-state index contributed by atoms with van der Waals surface area (Å²) in [6.45, 7) is 4.63. The van der Waals surface area contributed by atoms with Gasteiger partial charge in [0.05, 0.1) is 18.1 Å². The van der Waals surface area contributed by atoms with Gasteiger partial charge in [-0.2, -0.15) is 4.99 Å². The van der Waals surface area contributed by atoms with Crippen molar-refractivity contribution in [1.82, 2.24) is 9.88 Å². The first-order chi connectivity index (χ1) is 12.1. The van der Waals surface area contributed by atoms with Gasteiger partial charge < -0.3 is 15.0 Å². The molecule has 1 aliphatic heterocycles. The monoisotopic (exact) mass is 469 g/mol. The van der Waals surface area contributed by atoms with E-state index in [0.717, 1.165) is 11.3 Å². The first kappa shape index (κ1) is 20.0. The third-order valence-electron chi connectivity index (χ3n) is 3.84. The van der Waals surface area contributed by atoms with Crippen molar-refractivity contribution >= 4 is 47.1 Å². The van der Waals surface area contributed by atoms with Gasteiger partial charge in [0.2, 0.25) is 5.96 Å². The summed E-state index contributed by atoms with van der Waals surface area (Å²) in [5, 5.41) is 14.0. The van der Waals surface area contributed by atoms with E-state index in [9.17, 15) is 10.1 Å². The second kappa shape index (κ2) is 9.43. The fourth-order valence-corrected chi connectivity index (χ4v) is 2.44. The number of aliphatic imine (C=N–C) groups is 1. The molecule has 0 atom stereocenters. The summed E-state index contributed by atoms with van der Waals surface area (Å²) in [6.07, 6.45) is 1.70. The van der Waals surface area contributed by atoms with E-state index in [4.69, 9.17) is 4.74 Å². The highest BCUT2D eigenvalue weighted by molar-refractivity contribution is 14.0. The van der Waals surface area contributed by atoms with Gasteiger partial charge in [-0.15, -0.1) is 24.0 Å². The maximum absolute atomic E-state index is 10.8. The van der Waals surface area contributed by atoms with Gasteiger partial charge in [-0.05, 0) is 30.7 Å². The summed E-state index contributed by atoms with van der Waals surface area (Å²) in [6, 6.07) is 10.1. The molecule has 138 valence electrons. The number of aryl methyl sites for hydroxylation is 1. The number of nitro benzene ring substituents is 1. The molecule has 1 fully saturated rings. The first-order valence-corrected chi connectivity index (χ1v) is 7.98. The van der Waals surface area contributed by atoms with Crippen LogP contribution in [0.25, 0.3) is 0 Å². The molecule has 1 aromatic carbocycles. The highest BCUT2D eigenvalue weighted by Crippen LogP contribution is 2.19. The Hall–Kier alpha value is -2.27. The number of hydrogen-bond donors (Lipinski definition) is 1. The molecule has 26 heavy (non-hydrogen) atoms. The number of anilines is 1.